The van der Waals surface area contributed by atoms with Crippen LogP contribution in [0.5, 0.6) is 0 Å². The molecule has 0 aromatic carbocycles. The Balaban J connectivity index is 2.16. The lowest BCUT2D eigenvalue weighted by molar-refractivity contribution is -0.161. The van der Waals surface area contributed by atoms with Gasteiger partial charge in [-0.2, -0.15) is 4.98 Å². The van der Waals surface area contributed by atoms with Crippen molar-refractivity contribution in [2.45, 2.75) is 64.6 Å². The third kappa shape index (κ3) is 5.77. The third-order valence-electron chi connectivity index (χ3n) is 4.98. The van der Waals surface area contributed by atoms with Crippen molar-refractivity contribution in [3.8, 4) is 0 Å². The van der Waals surface area contributed by atoms with Crippen LogP contribution in [0.1, 0.15) is 40.3 Å². The zero-order valence-corrected chi connectivity index (χ0v) is 17.7. The van der Waals surface area contributed by atoms with E-state index in [0.29, 0.717) is 0 Å². The molecule has 1 aromatic rings. The molecule has 0 spiro atoms. The molecule has 2 rings (SSSR count). The van der Waals surface area contributed by atoms with Gasteiger partial charge in [-0.3, -0.25) is 14.2 Å². The highest BCUT2D eigenvalue weighted by molar-refractivity contribution is 5.76. The fourth-order valence-electron chi connectivity index (χ4n) is 2.82. The topological polar surface area (TPSA) is 175 Å². The molecular formula is C19H31N5O6. The van der Waals surface area contributed by atoms with Crippen molar-refractivity contribution in [1.29, 1.82) is 0 Å². The van der Waals surface area contributed by atoms with Gasteiger partial charge in [-0.1, -0.05) is 27.7 Å². The summed E-state index contributed by atoms with van der Waals surface area (Å²) in [7, 11) is 0. The fourth-order valence-corrected chi connectivity index (χ4v) is 2.82. The summed E-state index contributed by atoms with van der Waals surface area (Å²) in [6, 6.07) is -0.154. The third-order valence-corrected chi connectivity index (χ3v) is 4.98. The smallest absolute Gasteiger partial charge is 0.351 e. The van der Waals surface area contributed by atoms with Gasteiger partial charge in [0.2, 0.25) is 0 Å². The van der Waals surface area contributed by atoms with E-state index in [2.05, 4.69) is 4.98 Å². The summed E-state index contributed by atoms with van der Waals surface area (Å²) in [4.78, 5) is 40.3. The van der Waals surface area contributed by atoms with E-state index in [4.69, 9.17) is 31.4 Å². The lowest BCUT2D eigenvalue weighted by Crippen LogP contribution is -2.42. The Morgan fingerprint density at radius 1 is 1.20 bits per heavy atom. The van der Waals surface area contributed by atoms with Gasteiger partial charge >= 0.3 is 17.6 Å². The van der Waals surface area contributed by atoms with E-state index in [0.717, 1.165) is 0 Å². The van der Waals surface area contributed by atoms with Crippen molar-refractivity contribution in [2.24, 2.45) is 23.3 Å². The van der Waals surface area contributed by atoms with Crippen LogP contribution in [0, 0.1) is 11.8 Å². The minimum Gasteiger partial charge on any atom is -0.462 e. The van der Waals surface area contributed by atoms with Crippen LogP contribution in [0.2, 0.25) is 0 Å². The first-order valence-corrected chi connectivity index (χ1v) is 9.89. The first-order chi connectivity index (χ1) is 14.0. The predicted molar refractivity (Wildman–Crippen MR) is 108 cm³/mol. The van der Waals surface area contributed by atoms with Gasteiger partial charge in [0.1, 0.15) is 42.9 Å². The first kappa shape index (κ1) is 23.8. The predicted octanol–water partition coefficient (Wildman–Crippen LogP) is -0.465. The van der Waals surface area contributed by atoms with Gasteiger partial charge in [0.15, 0.2) is 0 Å². The number of hydrogen-bond donors (Lipinski definition) is 3. The van der Waals surface area contributed by atoms with E-state index in [1.807, 2.05) is 0 Å². The normalized spacial score (nSPS) is 23.4. The standard InChI is InChI=1S/C19H31N5O6/c1-9(2)15(21)17(25)28-8-12-11(30-18(26)16(22)10(3)4)7-14(29-12)24-6-5-13(20)23-19(24)27/h5-6,9-12,14-16H,7-8,21-22H2,1-4H3,(H2,20,23,27)/t11-,12+,14+,15-,16-/m0/s1. The molecule has 1 fully saturated rings. The molecule has 1 aliphatic rings. The van der Waals surface area contributed by atoms with Crippen molar-refractivity contribution in [1.82, 2.24) is 9.55 Å². The maximum Gasteiger partial charge on any atom is 0.351 e. The van der Waals surface area contributed by atoms with E-state index in [9.17, 15) is 14.4 Å². The number of nitrogens with two attached hydrogens (primary N) is 3. The molecule has 1 saturated heterocycles. The van der Waals surface area contributed by atoms with Crippen LogP contribution in [0.25, 0.3) is 0 Å². The molecule has 168 valence electrons. The monoisotopic (exact) mass is 425 g/mol. The molecule has 0 bridgehead atoms. The first-order valence-electron chi connectivity index (χ1n) is 9.89. The molecule has 0 amide bonds. The Labute approximate surface area is 174 Å². The van der Waals surface area contributed by atoms with Crippen LogP contribution in [0.15, 0.2) is 17.1 Å². The molecule has 0 saturated carbocycles. The molecule has 30 heavy (non-hydrogen) atoms. The summed E-state index contributed by atoms with van der Waals surface area (Å²) in [6.45, 7) is 7.00. The number of rotatable bonds is 8. The van der Waals surface area contributed by atoms with Gasteiger partial charge in [-0.15, -0.1) is 0 Å². The van der Waals surface area contributed by atoms with Crippen molar-refractivity contribution in [2.75, 3.05) is 12.3 Å². The van der Waals surface area contributed by atoms with Gasteiger partial charge in [0.25, 0.3) is 0 Å². The maximum absolute atomic E-state index is 12.3. The summed E-state index contributed by atoms with van der Waals surface area (Å²) >= 11 is 0. The number of nitrogen functional groups attached to an aromatic ring is 1. The Morgan fingerprint density at radius 3 is 2.37 bits per heavy atom. The van der Waals surface area contributed by atoms with E-state index >= 15 is 0 Å². The van der Waals surface area contributed by atoms with E-state index < -0.39 is 48.1 Å². The van der Waals surface area contributed by atoms with Gasteiger partial charge in [0, 0.05) is 12.6 Å². The molecule has 0 aliphatic carbocycles. The quantitative estimate of drug-likeness (QED) is 0.462. The highest BCUT2D eigenvalue weighted by atomic mass is 16.6. The van der Waals surface area contributed by atoms with Crippen LogP contribution >= 0.6 is 0 Å². The Morgan fingerprint density at radius 2 is 1.80 bits per heavy atom. The molecule has 11 heteroatoms. The van der Waals surface area contributed by atoms with Crippen LogP contribution < -0.4 is 22.9 Å². The molecule has 0 unspecified atom stereocenters. The molecule has 5 atom stereocenters. The number of anilines is 1. The number of carbonyl (C=O) groups is 2. The summed E-state index contributed by atoms with van der Waals surface area (Å²) in [6.07, 6.45) is -0.760. The van der Waals surface area contributed by atoms with Crippen molar-refractivity contribution in [3.05, 3.63) is 22.7 Å². The second-order valence-electron chi connectivity index (χ2n) is 8.05. The van der Waals surface area contributed by atoms with Crippen LogP contribution in [0.3, 0.4) is 0 Å². The lowest BCUT2D eigenvalue weighted by atomic mass is 10.1. The summed E-state index contributed by atoms with van der Waals surface area (Å²) < 4.78 is 17.9. The highest BCUT2D eigenvalue weighted by Gasteiger charge is 2.41. The molecule has 11 nitrogen and oxygen atoms in total. The molecule has 2 heterocycles. The van der Waals surface area contributed by atoms with Gasteiger partial charge in [0.05, 0.1) is 0 Å². The minimum absolute atomic E-state index is 0.0771. The Bertz CT molecular complexity index is 811. The number of carbonyl (C=O) groups excluding carboxylic acids is 2. The van der Waals surface area contributed by atoms with E-state index in [1.165, 1.54) is 16.8 Å². The SMILES string of the molecule is CC(C)[C@H](N)C(=O)OC[C@H]1O[C@@H](n2ccc(N)nc2=O)C[C@@H]1OC(=O)[C@@H](N)C(C)C. The van der Waals surface area contributed by atoms with E-state index in [-0.39, 0.29) is 30.7 Å². The molecule has 1 aromatic heterocycles. The number of esters is 2. The van der Waals surface area contributed by atoms with Crippen LogP contribution in [0.4, 0.5) is 5.82 Å². The highest BCUT2D eigenvalue weighted by Crippen LogP contribution is 2.31. The lowest BCUT2D eigenvalue weighted by Gasteiger charge is -2.22. The maximum atomic E-state index is 12.3. The summed E-state index contributed by atoms with van der Waals surface area (Å²) in [5, 5.41) is 0. The van der Waals surface area contributed by atoms with Gasteiger partial charge < -0.3 is 31.4 Å². The van der Waals surface area contributed by atoms with Gasteiger partial charge in [-0.25, -0.2) is 4.79 Å². The number of ether oxygens (including phenoxy) is 3. The second kappa shape index (κ2) is 10.0. The molecule has 6 N–H and O–H groups in total. The number of nitrogens with zero attached hydrogens (tertiary/aromatic N) is 2. The van der Waals surface area contributed by atoms with E-state index in [1.54, 1.807) is 27.7 Å². The fraction of sp³-hybridized carbons (Fsp3) is 0.684. The summed E-state index contributed by atoms with van der Waals surface area (Å²) in [5.41, 5.74) is 16.6. The number of aromatic nitrogens is 2. The minimum atomic E-state index is -0.817. The van der Waals surface area contributed by atoms with Crippen LogP contribution in [-0.4, -0.2) is 52.4 Å². The Hall–Kier alpha value is -2.50. The molecule has 0 radical (unpaired) electrons. The Kier molecular flexibility index (Phi) is 7.93. The molecular weight excluding hydrogens is 394 g/mol. The molecule has 1 aliphatic heterocycles. The average molecular weight is 425 g/mol. The summed E-state index contributed by atoms with van der Waals surface area (Å²) in [5.74, 6) is -1.34. The van der Waals surface area contributed by atoms with Gasteiger partial charge in [-0.05, 0) is 17.9 Å². The number of hydrogen-bond acceptors (Lipinski definition) is 10. The zero-order valence-electron chi connectivity index (χ0n) is 17.7. The second-order valence-corrected chi connectivity index (χ2v) is 8.05. The van der Waals surface area contributed by atoms with Crippen LogP contribution in [-0.2, 0) is 23.8 Å². The average Bonchev–Trinajstić information content (AvgIpc) is 3.06. The van der Waals surface area contributed by atoms with Crippen molar-refractivity contribution in [3.63, 3.8) is 0 Å². The van der Waals surface area contributed by atoms with Crippen molar-refractivity contribution < 1.29 is 23.8 Å². The zero-order chi connectivity index (χ0) is 22.6. The van der Waals surface area contributed by atoms with Crippen molar-refractivity contribution >= 4 is 17.8 Å². The largest absolute Gasteiger partial charge is 0.462 e.